The van der Waals surface area contributed by atoms with Gasteiger partial charge in [-0.25, -0.2) is 4.98 Å². The Morgan fingerprint density at radius 2 is 2.59 bits per heavy atom. The maximum atomic E-state index is 11.9. The zero-order valence-electron chi connectivity index (χ0n) is 10.2. The van der Waals surface area contributed by atoms with E-state index in [9.17, 15) is 4.79 Å². The van der Waals surface area contributed by atoms with Gasteiger partial charge < -0.3 is 10.2 Å². The molecule has 0 bridgehead atoms. The summed E-state index contributed by atoms with van der Waals surface area (Å²) in [5.74, 6) is 0.916. The van der Waals surface area contributed by atoms with Gasteiger partial charge in [0.05, 0.1) is 6.54 Å². The van der Waals surface area contributed by atoms with E-state index in [4.69, 9.17) is 0 Å². The average Bonchev–Trinajstić information content (AvgIpc) is 2.98. The summed E-state index contributed by atoms with van der Waals surface area (Å²) in [5, 5.41) is 6.27. The van der Waals surface area contributed by atoms with E-state index >= 15 is 0 Å². The van der Waals surface area contributed by atoms with Crippen LogP contribution in [0.4, 0.5) is 0 Å². The minimum absolute atomic E-state index is 0.229. The fourth-order valence-electron chi connectivity index (χ4n) is 2.10. The molecule has 94 valence electrons. The maximum Gasteiger partial charge on any atom is 0.222 e. The molecule has 1 aromatic heterocycles. The number of rotatable bonds is 5. The van der Waals surface area contributed by atoms with Crippen LogP contribution in [-0.4, -0.2) is 35.9 Å². The van der Waals surface area contributed by atoms with Crippen molar-refractivity contribution in [2.75, 3.05) is 20.1 Å². The van der Waals surface area contributed by atoms with E-state index < -0.39 is 0 Å². The zero-order valence-corrected chi connectivity index (χ0v) is 11.0. The molecule has 2 heterocycles. The molecular weight excluding hydrogens is 234 g/mol. The SMILES string of the molecule is CN(Cc1nccs1)C(=O)CCC1CCNC1. The molecule has 1 aliphatic rings. The number of carbonyl (C=O) groups is 1. The first kappa shape index (κ1) is 12.5. The molecule has 1 N–H and O–H groups in total. The second kappa shape index (κ2) is 6.12. The molecule has 1 aromatic rings. The van der Waals surface area contributed by atoms with Crippen molar-refractivity contribution in [3.8, 4) is 0 Å². The van der Waals surface area contributed by atoms with Gasteiger partial charge in [0.1, 0.15) is 5.01 Å². The van der Waals surface area contributed by atoms with Crippen LogP contribution >= 0.6 is 11.3 Å². The van der Waals surface area contributed by atoms with Gasteiger partial charge in [-0.15, -0.1) is 11.3 Å². The Morgan fingerprint density at radius 3 is 3.24 bits per heavy atom. The first-order chi connectivity index (χ1) is 8.25. The molecule has 1 atom stereocenters. The van der Waals surface area contributed by atoms with Crippen LogP contribution in [0.5, 0.6) is 0 Å². The summed E-state index contributed by atoms with van der Waals surface area (Å²) in [6, 6.07) is 0. The zero-order chi connectivity index (χ0) is 12.1. The van der Waals surface area contributed by atoms with Crippen molar-refractivity contribution in [1.29, 1.82) is 0 Å². The first-order valence-electron chi connectivity index (χ1n) is 6.09. The normalized spacial score (nSPS) is 19.5. The highest BCUT2D eigenvalue weighted by atomic mass is 32.1. The maximum absolute atomic E-state index is 11.9. The molecule has 4 nitrogen and oxygen atoms in total. The van der Waals surface area contributed by atoms with Gasteiger partial charge in [0.15, 0.2) is 0 Å². The number of thiazole rings is 1. The second-order valence-corrected chi connectivity index (χ2v) is 5.55. The first-order valence-corrected chi connectivity index (χ1v) is 6.96. The topological polar surface area (TPSA) is 45.2 Å². The number of amides is 1. The molecule has 1 unspecified atom stereocenters. The number of aromatic nitrogens is 1. The van der Waals surface area contributed by atoms with Crippen molar-refractivity contribution in [2.24, 2.45) is 5.92 Å². The molecule has 0 aliphatic carbocycles. The predicted molar refractivity (Wildman–Crippen MR) is 68.8 cm³/mol. The number of nitrogens with one attached hydrogen (secondary N) is 1. The van der Waals surface area contributed by atoms with Crippen LogP contribution in [0.2, 0.25) is 0 Å². The number of hydrogen-bond acceptors (Lipinski definition) is 4. The molecule has 0 radical (unpaired) electrons. The lowest BCUT2D eigenvalue weighted by Gasteiger charge is -2.16. The van der Waals surface area contributed by atoms with E-state index in [1.807, 2.05) is 12.4 Å². The Balaban J connectivity index is 1.71. The molecule has 0 aromatic carbocycles. The third kappa shape index (κ3) is 3.78. The van der Waals surface area contributed by atoms with Crippen molar-refractivity contribution < 1.29 is 4.79 Å². The summed E-state index contributed by atoms with van der Waals surface area (Å²) in [6.45, 7) is 2.82. The summed E-state index contributed by atoms with van der Waals surface area (Å²) in [7, 11) is 1.86. The Morgan fingerprint density at radius 1 is 1.71 bits per heavy atom. The van der Waals surface area contributed by atoms with Crippen molar-refractivity contribution in [1.82, 2.24) is 15.2 Å². The van der Waals surface area contributed by atoms with Crippen LogP contribution in [0.3, 0.4) is 0 Å². The number of carbonyl (C=O) groups excluding carboxylic acids is 1. The highest BCUT2D eigenvalue weighted by molar-refractivity contribution is 7.09. The fraction of sp³-hybridized carbons (Fsp3) is 0.667. The van der Waals surface area contributed by atoms with E-state index in [0.29, 0.717) is 18.9 Å². The smallest absolute Gasteiger partial charge is 0.222 e. The highest BCUT2D eigenvalue weighted by Crippen LogP contribution is 2.15. The molecule has 0 saturated carbocycles. The van der Waals surface area contributed by atoms with Gasteiger partial charge in [0.2, 0.25) is 5.91 Å². The molecule has 0 spiro atoms. The minimum Gasteiger partial charge on any atom is -0.339 e. The van der Waals surface area contributed by atoms with Crippen molar-refractivity contribution >= 4 is 17.2 Å². The molecule has 1 amide bonds. The highest BCUT2D eigenvalue weighted by Gasteiger charge is 2.17. The van der Waals surface area contributed by atoms with E-state index in [1.165, 1.54) is 6.42 Å². The summed E-state index contributed by atoms with van der Waals surface area (Å²) >= 11 is 1.60. The summed E-state index contributed by atoms with van der Waals surface area (Å²) in [6.07, 6.45) is 4.66. The van der Waals surface area contributed by atoms with E-state index in [-0.39, 0.29) is 5.91 Å². The van der Waals surface area contributed by atoms with Gasteiger partial charge in [0, 0.05) is 25.0 Å². The van der Waals surface area contributed by atoms with Crippen LogP contribution in [0.25, 0.3) is 0 Å². The summed E-state index contributed by atoms with van der Waals surface area (Å²) in [4.78, 5) is 17.9. The summed E-state index contributed by atoms with van der Waals surface area (Å²) < 4.78 is 0. The van der Waals surface area contributed by atoms with Gasteiger partial charge in [-0.3, -0.25) is 4.79 Å². The average molecular weight is 253 g/mol. The Kier molecular flexibility index (Phi) is 4.50. The van der Waals surface area contributed by atoms with Crippen LogP contribution < -0.4 is 5.32 Å². The Bertz CT molecular complexity index is 347. The fourth-order valence-corrected chi connectivity index (χ4v) is 2.77. The molecule has 1 fully saturated rings. The molecular formula is C12H19N3OS. The lowest BCUT2D eigenvalue weighted by atomic mass is 10.0. The van der Waals surface area contributed by atoms with E-state index in [1.54, 1.807) is 22.4 Å². The lowest BCUT2D eigenvalue weighted by Crippen LogP contribution is -2.26. The third-order valence-corrected chi connectivity index (χ3v) is 3.97. The Hall–Kier alpha value is -0.940. The van der Waals surface area contributed by atoms with Gasteiger partial charge in [-0.2, -0.15) is 0 Å². The largest absolute Gasteiger partial charge is 0.339 e. The van der Waals surface area contributed by atoms with Crippen molar-refractivity contribution in [2.45, 2.75) is 25.8 Å². The second-order valence-electron chi connectivity index (χ2n) is 4.57. The molecule has 17 heavy (non-hydrogen) atoms. The number of nitrogens with zero attached hydrogens (tertiary/aromatic N) is 2. The van der Waals surface area contributed by atoms with Crippen LogP contribution in [-0.2, 0) is 11.3 Å². The van der Waals surface area contributed by atoms with Gasteiger partial charge in [-0.1, -0.05) is 0 Å². The molecule has 1 aliphatic heterocycles. The molecule has 1 saturated heterocycles. The van der Waals surface area contributed by atoms with Gasteiger partial charge >= 0.3 is 0 Å². The lowest BCUT2D eigenvalue weighted by molar-refractivity contribution is -0.130. The molecule has 2 rings (SSSR count). The Labute approximate surface area is 106 Å². The van der Waals surface area contributed by atoms with E-state index in [2.05, 4.69) is 10.3 Å². The van der Waals surface area contributed by atoms with Crippen LogP contribution in [0, 0.1) is 5.92 Å². The monoisotopic (exact) mass is 253 g/mol. The van der Waals surface area contributed by atoms with Crippen molar-refractivity contribution in [3.05, 3.63) is 16.6 Å². The van der Waals surface area contributed by atoms with Crippen LogP contribution in [0.15, 0.2) is 11.6 Å². The van der Waals surface area contributed by atoms with Gasteiger partial charge in [-0.05, 0) is 31.8 Å². The van der Waals surface area contributed by atoms with Crippen molar-refractivity contribution in [3.63, 3.8) is 0 Å². The number of hydrogen-bond donors (Lipinski definition) is 1. The van der Waals surface area contributed by atoms with E-state index in [0.717, 1.165) is 24.5 Å². The quantitative estimate of drug-likeness (QED) is 0.865. The van der Waals surface area contributed by atoms with Crippen LogP contribution in [0.1, 0.15) is 24.3 Å². The minimum atomic E-state index is 0.229. The van der Waals surface area contributed by atoms with Gasteiger partial charge in [0.25, 0.3) is 0 Å². The molecule has 5 heteroatoms. The predicted octanol–water partition coefficient (Wildman–Crippen LogP) is 1.49. The third-order valence-electron chi connectivity index (χ3n) is 3.21. The summed E-state index contributed by atoms with van der Waals surface area (Å²) in [5.41, 5.74) is 0. The standard InChI is InChI=1S/C12H19N3OS/c1-15(9-11-14-6-7-17-11)12(16)3-2-10-4-5-13-8-10/h6-7,10,13H,2-5,8-9H2,1H3.